The van der Waals surface area contributed by atoms with E-state index in [-0.39, 0.29) is 11.4 Å². The van der Waals surface area contributed by atoms with Gasteiger partial charge in [0, 0.05) is 18.1 Å². The van der Waals surface area contributed by atoms with Crippen LogP contribution in [0.25, 0.3) is 5.69 Å². The zero-order valence-electron chi connectivity index (χ0n) is 12.3. The number of aromatic nitrogens is 4. The van der Waals surface area contributed by atoms with E-state index in [1.54, 1.807) is 0 Å². The molecular weight excluding hydrogens is 342 g/mol. The third-order valence-corrected chi connectivity index (χ3v) is 3.16. The lowest BCUT2D eigenvalue weighted by molar-refractivity contribution is -0.143. The summed E-state index contributed by atoms with van der Waals surface area (Å²) in [4.78, 5) is 15.9. The molecule has 3 aromatic rings. The normalized spacial score (nSPS) is 11.4. The summed E-state index contributed by atoms with van der Waals surface area (Å²) >= 11 is 0. The minimum Gasteiger partial charge on any atom is -0.320 e. The molecule has 0 spiro atoms. The second-order valence-corrected chi connectivity index (χ2v) is 4.86. The lowest BCUT2D eigenvalue weighted by atomic mass is 10.2. The SMILES string of the molecule is O=C(Nc1ccncc1)c1nnn(-c2ccc(F)cc2)c1C(F)(F)F. The maximum absolute atomic E-state index is 13.4. The van der Waals surface area contributed by atoms with Crippen LogP contribution in [0.4, 0.5) is 23.2 Å². The number of nitrogens with zero attached hydrogens (tertiary/aromatic N) is 4. The molecule has 0 unspecified atom stereocenters. The fraction of sp³-hybridized carbons (Fsp3) is 0.0667. The summed E-state index contributed by atoms with van der Waals surface area (Å²) in [7, 11) is 0. The summed E-state index contributed by atoms with van der Waals surface area (Å²) in [6.45, 7) is 0. The van der Waals surface area contributed by atoms with Crippen LogP contribution in [0.5, 0.6) is 0 Å². The second-order valence-electron chi connectivity index (χ2n) is 4.86. The molecule has 0 fully saturated rings. The van der Waals surface area contributed by atoms with E-state index in [0.717, 1.165) is 24.3 Å². The van der Waals surface area contributed by atoms with Crippen LogP contribution in [0.1, 0.15) is 16.2 Å². The number of rotatable bonds is 3. The van der Waals surface area contributed by atoms with E-state index in [1.165, 1.54) is 24.5 Å². The number of alkyl halides is 3. The van der Waals surface area contributed by atoms with Crippen molar-refractivity contribution in [3.63, 3.8) is 0 Å². The smallest absolute Gasteiger partial charge is 0.320 e. The van der Waals surface area contributed by atoms with Crippen molar-refractivity contribution in [2.75, 3.05) is 5.32 Å². The molecule has 1 N–H and O–H groups in total. The fourth-order valence-electron chi connectivity index (χ4n) is 2.08. The van der Waals surface area contributed by atoms with Crippen molar-refractivity contribution < 1.29 is 22.4 Å². The van der Waals surface area contributed by atoms with Gasteiger partial charge in [-0.15, -0.1) is 5.10 Å². The Morgan fingerprint density at radius 2 is 1.68 bits per heavy atom. The van der Waals surface area contributed by atoms with Gasteiger partial charge in [0.25, 0.3) is 5.91 Å². The topological polar surface area (TPSA) is 72.7 Å². The summed E-state index contributed by atoms with van der Waals surface area (Å²) in [5.41, 5.74) is -2.08. The van der Waals surface area contributed by atoms with E-state index >= 15 is 0 Å². The molecule has 128 valence electrons. The Morgan fingerprint density at radius 3 is 2.28 bits per heavy atom. The number of carbonyl (C=O) groups excluding carboxylic acids is 1. The Hall–Kier alpha value is -3.30. The molecular formula is C15H9F4N5O. The van der Waals surface area contributed by atoms with Gasteiger partial charge in [-0.25, -0.2) is 9.07 Å². The van der Waals surface area contributed by atoms with Gasteiger partial charge in [-0.3, -0.25) is 9.78 Å². The van der Waals surface area contributed by atoms with E-state index in [9.17, 15) is 22.4 Å². The van der Waals surface area contributed by atoms with Crippen LogP contribution in [-0.2, 0) is 6.18 Å². The van der Waals surface area contributed by atoms with Gasteiger partial charge in [-0.2, -0.15) is 13.2 Å². The number of anilines is 1. The molecule has 1 amide bonds. The average molecular weight is 351 g/mol. The van der Waals surface area contributed by atoms with Crippen LogP contribution in [0.15, 0.2) is 48.8 Å². The van der Waals surface area contributed by atoms with E-state index < -0.39 is 29.3 Å². The van der Waals surface area contributed by atoms with E-state index in [1.807, 2.05) is 0 Å². The standard InChI is InChI=1S/C15H9F4N5O/c16-9-1-3-11(4-2-9)24-13(15(17,18)19)12(22-23-24)14(25)21-10-5-7-20-8-6-10/h1-8H,(H,20,21,25). The van der Waals surface area contributed by atoms with Crippen LogP contribution >= 0.6 is 0 Å². The van der Waals surface area contributed by atoms with Crippen molar-refractivity contribution in [1.29, 1.82) is 0 Å². The molecule has 10 heteroatoms. The highest BCUT2D eigenvalue weighted by Crippen LogP contribution is 2.33. The predicted octanol–water partition coefficient (Wildman–Crippen LogP) is 3.07. The quantitative estimate of drug-likeness (QED) is 0.736. The van der Waals surface area contributed by atoms with Crippen molar-refractivity contribution in [1.82, 2.24) is 20.0 Å². The predicted molar refractivity (Wildman–Crippen MR) is 78.5 cm³/mol. The van der Waals surface area contributed by atoms with Gasteiger partial charge in [0.05, 0.1) is 5.69 Å². The molecule has 3 rings (SSSR count). The highest BCUT2D eigenvalue weighted by molar-refractivity contribution is 6.03. The van der Waals surface area contributed by atoms with Gasteiger partial charge in [-0.05, 0) is 36.4 Å². The molecule has 0 bridgehead atoms. The van der Waals surface area contributed by atoms with Crippen molar-refractivity contribution in [3.05, 3.63) is 66.0 Å². The molecule has 0 atom stereocenters. The summed E-state index contributed by atoms with van der Waals surface area (Å²) in [5, 5.41) is 9.04. The van der Waals surface area contributed by atoms with Crippen LogP contribution in [0.2, 0.25) is 0 Å². The first-order chi connectivity index (χ1) is 11.9. The maximum Gasteiger partial charge on any atom is 0.435 e. The van der Waals surface area contributed by atoms with Gasteiger partial charge in [0.2, 0.25) is 0 Å². The molecule has 1 aromatic carbocycles. The zero-order valence-corrected chi connectivity index (χ0v) is 12.3. The van der Waals surface area contributed by atoms with Crippen LogP contribution in [0.3, 0.4) is 0 Å². The summed E-state index contributed by atoms with van der Waals surface area (Å²) in [6, 6.07) is 6.99. The molecule has 25 heavy (non-hydrogen) atoms. The summed E-state index contributed by atoms with van der Waals surface area (Å²) < 4.78 is 53.7. The van der Waals surface area contributed by atoms with Crippen molar-refractivity contribution in [2.45, 2.75) is 6.18 Å². The van der Waals surface area contributed by atoms with Crippen molar-refractivity contribution in [3.8, 4) is 5.69 Å². The van der Waals surface area contributed by atoms with Crippen LogP contribution in [-0.4, -0.2) is 25.9 Å². The average Bonchev–Trinajstić information content (AvgIpc) is 3.02. The minimum absolute atomic E-state index is 0.0795. The number of hydrogen-bond donors (Lipinski definition) is 1. The van der Waals surface area contributed by atoms with Gasteiger partial charge < -0.3 is 5.32 Å². The first-order valence-corrected chi connectivity index (χ1v) is 6.86. The van der Waals surface area contributed by atoms with Crippen LogP contribution < -0.4 is 5.32 Å². The third-order valence-electron chi connectivity index (χ3n) is 3.16. The molecule has 0 aliphatic carbocycles. The Labute approximate surface area is 138 Å². The number of amides is 1. The van der Waals surface area contributed by atoms with Gasteiger partial charge in [0.1, 0.15) is 5.82 Å². The highest BCUT2D eigenvalue weighted by atomic mass is 19.4. The summed E-state index contributed by atoms with van der Waals surface area (Å²) in [6.07, 6.45) is -2.16. The van der Waals surface area contributed by atoms with E-state index in [4.69, 9.17) is 0 Å². The number of nitrogens with one attached hydrogen (secondary N) is 1. The number of halogens is 4. The van der Waals surface area contributed by atoms with Gasteiger partial charge in [0.15, 0.2) is 11.4 Å². The maximum atomic E-state index is 13.4. The molecule has 0 radical (unpaired) electrons. The Bertz CT molecular complexity index is 891. The Morgan fingerprint density at radius 1 is 1.04 bits per heavy atom. The Kier molecular flexibility index (Phi) is 4.17. The number of hydrogen-bond acceptors (Lipinski definition) is 4. The minimum atomic E-state index is -4.90. The molecule has 0 aliphatic heterocycles. The van der Waals surface area contributed by atoms with E-state index in [2.05, 4.69) is 20.6 Å². The largest absolute Gasteiger partial charge is 0.435 e. The Balaban J connectivity index is 2.03. The highest BCUT2D eigenvalue weighted by Gasteiger charge is 2.42. The van der Waals surface area contributed by atoms with E-state index in [0.29, 0.717) is 4.68 Å². The van der Waals surface area contributed by atoms with Gasteiger partial charge >= 0.3 is 6.18 Å². The first-order valence-electron chi connectivity index (χ1n) is 6.86. The van der Waals surface area contributed by atoms with Crippen LogP contribution in [0, 0.1) is 5.82 Å². The monoisotopic (exact) mass is 351 g/mol. The number of carbonyl (C=O) groups is 1. The van der Waals surface area contributed by atoms with Crippen molar-refractivity contribution in [2.24, 2.45) is 0 Å². The summed E-state index contributed by atoms with van der Waals surface area (Å²) in [5.74, 6) is -1.69. The molecule has 6 nitrogen and oxygen atoms in total. The lowest BCUT2D eigenvalue weighted by Gasteiger charge is -2.11. The molecule has 0 aliphatic rings. The fourth-order valence-corrected chi connectivity index (χ4v) is 2.08. The molecule has 0 saturated carbocycles. The first kappa shape index (κ1) is 16.6. The number of pyridine rings is 1. The molecule has 2 aromatic heterocycles. The van der Waals surface area contributed by atoms with Gasteiger partial charge in [-0.1, -0.05) is 5.21 Å². The third kappa shape index (κ3) is 3.47. The van der Waals surface area contributed by atoms with Crippen molar-refractivity contribution >= 4 is 11.6 Å². The molecule has 2 heterocycles. The second kappa shape index (κ2) is 6.30. The lowest BCUT2D eigenvalue weighted by Crippen LogP contribution is -2.21. The zero-order chi connectivity index (χ0) is 18.0. The number of benzene rings is 1. The molecule has 0 saturated heterocycles.